The van der Waals surface area contributed by atoms with Crippen LogP contribution in [0.1, 0.15) is 30.7 Å². The fourth-order valence-corrected chi connectivity index (χ4v) is 4.58. The minimum absolute atomic E-state index is 0.102. The predicted molar refractivity (Wildman–Crippen MR) is 123 cm³/mol. The van der Waals surface area contributed by atoms with Crippen molar-refractivity contribution >= 4 is 11.7 Å². The van der Waals surface area contributed by atoms with E-state index in [0.717, 1.165) is 71.6 Å². The Balaban J connectivity index is 1.08. The minimum Gasteiger partial charge on any atom is -0.369 e. The molecule has 0 aromatic heterocycles. The molecule has 2 saturated heterocycles. The molecule has 5 heteroatoms. The number of hydrogen-bond acceptors (Lipinski definition) is 3. The first-order valence-corrected chi connectivity index (χ1v) is 11.4. The zero-order valence-electron chi connectivity index (χ0n) is 17.9. The highest BCUT2D eigenvalue weighted by atomic mass is 16.2. The monoisotopic (exact) mass is 406 g/mol. The maximum Gasteiger partial charge on any atom is 0.317 e. The first-order chi connectivity index (χ1) is 14.8. The van der Waals surface area contributed by atoms with Gasteiger partial charge in [-0.3, -0.25) is 4.90 Å². The lowest BCUT2D eigenvalue weighted by Gasteiger charge is -2.36. The SMILES string of the molecule is O=C(NCCCCN1CCN(c2ccccc2)CC1)N1CC[C@@H](c2ccccc2)C1. The van der Waals surface area contributed by atoms with E-state index in [4.69, 9.17) is 0 Å². The van der Waals surface area contributed by atoms with Crippen LogP contribution in [0.5, 0.6) is 0 Å². The van der Waals surface area contributed by atoms with Gasteiger partial charge >= 0.3 is 6.03 Å². The van der Waals surface area contributed by atoms with Crippen molar-refractivity contribution in [3.05, 3.63) is 66.2 Å². The molecule has 4 rings (SSSR count). The molecule has 1 N–H and O–H groups in total. The summed E-state index contributed by atoms with van der Waals surface area (Å²) in [5, 5.41) is 3.12. The number of nitrogens with zero attached hydrogens (tertiary/aromatic N) is 3. The summed E-state index contributed by atoms with van der Waals surface area (Å²) in [5.41, 5.74) is 2.68. The molecule has 2 heterocycles. The van der Waals surface area contributed by atoms with E-state index in [9.17, 15) is 4.79 Å². The topological polar surface area (TPSA) is 38.8 Å². The van der Waals surface area contributed by atoms with Crippen molar-refractivity contribution in [2.45, 2.75) is 25.2 Å². The van der Waals surface area contributed by atoms with Gasteiger partial charge in [-0.15, -0.1) is 0 Å². The summed E-state index contributed by atoms with van der Waals surface area (Å²) in [6.07, 6.45) is 3.24. The molecule has 1 atom stereocenters. The molecular weight excluding hydrogens is 372 g/mol. The Morgan fingerprint density at radius 2 is 1.57 bits per heavy atom. The fourth-order valence-electron chi connectivity index (χ4n) is 4.58. The number of piperazine rings is 1. The molecule has 0 bridgehead atoms. The van der Waals surface area contributed by atoms with E-state index >= 15 is 0 Å². The third-order valence-electron chi connectivity index (χ3n) is 6.42. The van der Waals surface area contributed by atoms with Crippen LogP contribution in [-0.2, 0) is 0 Å². The normalized spacial score (nSPS) is 19.8. The van der Waals surface area contributed by atoms with Gasteiger partial charge in [-0.1, -0.05) is 48.5 Å². The van der Waals surface area contributed by atoms with Crippen LogP contribution in [0.25, 0.3) is 0 Å². The van der Waals surface area contributed by atoms with Crippen LogP contribution < -0.4 is 10.2 Å². The summed E-state index contributed by atoms with van der Waals surface area (Å²) in [4.78, 5) is 19.4. The molecule has 2 aliphatic rings. The van der Waals surface area contributed by atoms with Crippen molar-refractivity contribution in [3.8, 4) is 0 Å². The van der Waals surface area contributed by atoms with Crippen LogP contribution in [0.3, 0.4) is 0 Å². The van der Waals surface area contributed by atoms with Crippen LogP contribution in [0, 0.1) is 0 Å². The number of para-hydroxylation sites is 1. The van der Waals surface area contributed by atoms with Gasteiger partial charge in [0, 0.05) is 57.4 Å². The average Bonchev–Trinajstić information content (AvgIpc) is 3.31. The van der Waals surface area contributed by atoms with Crippen LogP contribution >= 0.6 is 0 Å². The number of urea groups is 1. The smallest absolute Gasteiger partial charge is 0.317 e. The molecule has 2 aromatic rings. The Morgan fingerprint density at radius 1 is 0.867 bits per heavy atom. The lowest BCUT2D eigenvalue weighted by Crippen LogP contribution is -2.46. The Kier molecular flexibility index (Phi) is 7.25. The van der Waals surface area contributed by atoms with Crippen molar-refractivity contribution < 1.29 is 4.79 Å². The molecular formula is C25H34N4O. The predicted octanol–water partition coefficient (Wildman–Crippen LogP) is 3.79. The Bertz CT molecular complexity index is 774. The maximum absolute atomic E-state index is 12.5. The van der Waals surface area contributed by atoms with Crippen molar-refractivity contribution in [1.29, 1.82) is 0 Å². The standard InChI is InChI=1S/C25H34N4O/c30-25(29-16-13-23(21-29)22-9-3-1-4-10-22)26-14-7-8-15-27-17-19-28(20-18-27)24-11-5-2-6-12-24/h1-6,9-12,23H,7-8,13-21H2,(H,26,30)/t23-/m1/s1. The highest BCUT2D eigenvalue weighted by Gasteiger charge is 2.26. The van der Waals surface area contributed by atoms with Crippen LogP contribution in [-0.4, -0.2) is 68.2 Å². The molecule has 0 saturated carbocycles. The van der Waals surface area contributed by atoms with Gasteiger partial charge in [0.15, 0.2) is 0 Å². The number of hydrogen-bond donors (Lipinski definition) is 1. The first-order valence-electron chi connectivity index (χ1n) is 11.4. The number of nitrogens with one attached hydrogen (secondary N) is 1. The van der Waals surface area contributed by atoms with Gasteiger partial charge in [-0.05, 0) is 43.5 Å². The lowest BCUT2D eigenvalue weighted by atomic mass is 9.99. The third kappa shape index (κ3) is 5.54. The number of carbonyl (C=O) groups is 1. The Labute approximate surface area is 180 Å². The van der Waals surface area contributed by atoms with Gasteiger partial charge in [0.05, 0.1) is 0 Å². The molecule has 5 nitrogen and oxygen atoms in total. The lowest BCUT2D eigenvalue weighted by molar-refractivity contribution is 0.207. The van der Waals surface area contributed by atoms with Gasteiger partial charge in [-0.25, -0.2) is 4.79 Å². The molecule has 2 aliphatic heterocycles. The van der Waals surface area contributed by atoms with E-state index in [1.807, 2.05) is 11.0 Å². The van der Waals surface area contributed by atoms with Gasteiger partial charge in [-0.2, -0.15) is 0 Å². The van der Waals surface area contributed by atoms with Gasteiger partial charge in [0.2, 0.25) is 0 Å². The van der Waals surface area contributed by atoms with E-state index in [0.29, 0.717) is 5.92 Å². The summed E-state index contributed by atoms with van der Waals surface area (Å²) in [5.74, 6) is 0.478. The van der Waals surface area contributed by atoms with Crippen LogP contribution in [0.4, 0.5) is 10.5 Å². The fraction of sp³-hybridized carbons (Fsp3) is 0.480. The van der Waals surface area contributed by atoms with E-state index in [2.05, 4.69) is 69.7 Å². The van der Waals surface area contributed by atoms with Crippen molar-refractivity contribution in [2.24, 2.45) is 0 Å². The molecule has 160 valence electrons. The van der Waals surface area contributed by atoms with Crippen LogP contribution in [0.2, 0.25) is 0 Å². The van der Waals surface area contributed by atoms with Crippen molar-refractivity contribution in [3.63, 3.8) is 0 Å². The highest BCUT2D eigenvalue weighted by Crippen LogP contribution is 2.26. The van der Waals surface area contributed by atoms with Crippen molar-refractivity contribution in [2.75, 3.05) is 57.3 Å². The van der Waals surface area contributed by atoms with E-state index < -0.39 is 0 Å². The summed E-state index contributed by atoms with van der Waals surface area (Å²) in [6, 6.07) is 21.3. The van der Waals surface area contributed by atoms with E-state index in [-0.39, 0.29) is 6.03 Å². The molecule has 2 fully saturated rings. The molecule has 0 radical (unpaired) electrons. The number of carbonyl (C=O) groups excluding carboxylic acids is 1. The molecule has 30 heavy (non-hydrogen) atoms. The van der Waals surface area contributed by atoms with Gasteiger partial charge < -0.3 is 15.1 Å². The number of likely N-dealkylation sites (tertiary alicyclic amines) is 1. The number of anilines is 1. The highest BCUT2D eigenvalue weighted by molar-refractivity contribution is 5.74. The second-order valence-corrected chi connectivity index (χ2v) is 8.45. The second-order valence-electron chi connectivity index (χ2n) is 8.45. The zero-order valence-corrected chi connectivity index (χ0v) is 17.9. The summed E-state index contributed by atoms with van der Waals surface area (Å²) >= 11 is 0. The molecule has 0 aliphatic carbocycles. The number of amides is 2. The van der Waals surface area contributed by atoms with Gasteiger partial charge in [0.25, 0.3) is 0 Å². The third-order valence-corrected chi connectivity index (χ3v) is 6.42. The number of unbranched alkanes of at least 4 members (excludes halogenated alkanes) is 1. The van der Waals surface area contributed by atoms with Crippen LogP contribution in [0.15, 0.2) is 60.7 Å². The maximum atomic E-state index is 12.5. The molecule has 2 aromatic carbocycles. The average molecular weight is 407 g/mol. The number of rotatable bonds is 7. The largest absolute Gasteiger partial charge is 0.369 e. The summed E-state index contributed by atoms with van der Waals surface area (Å²) in [6.45, 7) is 8.02. The first kappa shape index (κ1) is 20.7. The van der Waals surface area contributed by atoms with E-state index in [1.165, 1.54) is 11.3 Å². The summed E-state index contributed by atoms with van der Waals surface area (Å²) in [7, 11) is 0. The zero-order chi connectivity index (χ0) is 20.6. The Hall–Kier alpha value is -2.53. The second kappa shape index (κ2) is 10.5. The quantitative estimate of drug-likeness (QED) is 0.711. The number of benzene rings is 2. The summed E-state index contributed by atoms with van der Waals surface area (Å²) < 4.78 is 0. The minimum atomic E-state index is 0.102. The molecule has 0 unspecified atom stereocenters. The molecule has 0 spiro atoms. The molecule has 2 amide bonds. The van der Waals surface area contributed by atoms with Crippen molar-refractivity contribution in [1.82, 2.24) is 15.1 Å². The van der Waals surface area contributed by atoms with E-state index in [1.54, 1.807) is 0 Å². The Morgan fingerprint density at radius 3 is 2.30 bits per heavy atom. The van der Waals surface area contributed by atoms with Gasteiger partial charge in [0.1, 0.15) is 0 Å².